The molecule has 0 aliphatic rings. The van der Waals surface area contributed by atoms with Crippen molar-refractivity contribution in [2.24, 2.45) is 7.05 Å². The smallest absolute Gasteiger partial charge is 0.176 e. The number of rotatable bonds is 1. The summed E-state index contributed by atoms with van der Waals surface area (Å²) in [5, 5.41) is 7.43. The third-order valence-corrected chi connectivity index (χ3v) is 4.93. The van der Waals surface area contributed by atoms with E-state index >= 15 is 0 Å². The van der Waals surface area contributed by atoms with Crippen LogP contribution in [0.25, 0.3) is 43.4 Å². The largest absolute Gasteiger partial charge is 0.359 e. The first-order valence-electron chi connectivity index (χ1n) is 9.04. The molecular formula is C24H21FN+. The molecule has 0 atom stereocenters. The highest BCUT2D eigenvalue weighted by atomic mass is 19.1. The van der Waals surface area contributed by atoms with Crippen LogP contribution in [0.1, 0.15) is 13.8 Å². The van der Waals surface area contributed by atoms with Crippen LogP contribution < -0.4 is 4.57 Å². The van der Waals surface area contributed by atoms with Crippen molar-refractivity contribution in [3.05, 3.63) is 78.9 Å². The topological polar surface area (TPSA) is 3.88 Å². The standard InChI is InChI=1S/C22H15FN.C2H6/c1-24-12-11-17(13-20(24)23)18-9-7-16-6-5-14-3-2-4-15-8-10-19(18)22(16)21(14)15;1-2/h2-13H,1H3;1-2H3/q+1;. The van der Waals surface area contributed by atoms with Crippen molar-refractivity contribution in [1.29, 1.82) is 0 Å². The summed E-state index contributed by atoms with van der Waals surface area (Å²) in [6.45, 7) is 4.00. The molecule has 0 saturated carbocycles. The van der Waals surface area contributed by atoms with E-state index in [1.807, 2.05) is 19.9 Å². The van der Waals surface area contributed by atoms with E-state index in [1.54, 1.807) is 19.3 Å². The summed E-state index contributed by atoms with van der Waals surface area (Å²) >= 11 is 0. The minimum Gasteiger partial charge on any atom is -0.176 e. The van der Waals surface area contributed by atoms with Crippen molar-refractivity contribution in [1.82, 2.24) is 0 Å². The molecule has 1 nitrogen and oxygen atoms in total. The number of aromatic nitrogens is 1. The number of benzene rings is 4. The van der Waals surface area contributed by atoms with Crippen molar-refractivity contribution in [2.75, 3.05) is 0 Å². The first kappa shape index (κ1) is 16.5. The van der Waals surface area contributed by atoms with Gasteiger partial charge < -0.3 is 0 Å². The zero-order valence-electron chi connectivity index (χ0n) is 15.3. The summed E-state index contributed by atoms with van der Waals surface area (Å²) < 4.78 is 15.5. The molecule has 2 heteroatoms. The van der Waals surface area contributed by atoms with Gasteiger partial charge in [-0.3, -0.25) is 0 Å². The molecule has 0 fully saturated rings. The lowest BCUT2D eigenvalue weighted by Gasteiger charge is -2.13. The Hall–Kier alpha value is -3.00. The van der Waals surface area contributed by atoms with Gasteiger partial charge in [0.25, 0.3) is 0 Å². The number of aryl methyl sites for hydroxylation is 1. The van der Waals surface area contributed by atoms with E-state index in [4.69, 9.17) is 0 Å². The SMILES string of the molecule is CC.C[n+]1ccc(-c2ccc3ccc4cccc5ccc2c3c45)cc1F. The zero-order chi connectivity index (χ0) is 18.3. The lowest BCUT2D eigenvalue weighted by atomic mass is 9.90. The zero-order valence-corrected chi connectivity index (χ0v) is 15.3. The van der Waals surface area contributed by atoms with Crippen molar-refractivity contribution in [2.45, 2.75) is 13.8 Å². The average molecular weight is 342 g/mol. The van der Waals surface area contributed by atoms with Crippen LogP contribution in [-0.2, 0) is 7.05 Å². The second-order valence-corrected chi connectivity index (χ2v) is 6.32. The lowest BCUT2D eigenvalue weighted by molar-refractivity contribution is -0.700. The highest BCUT2D eigenvalue weighted by molar-refractivity contribution is 6.25. The van der Waals surface area contributed by atoms with Gasteiger partial charge in [0.15, 0.2) is 6.20 Å². The molecule has 1 aromatic heterocycles. The van der Waals surface area contributed by atoms with E-state index < -0.39 is 0 Å². The number of hydrogen-bond donors (Lipinski definition) is 0. The van der Waals surface area contributed by atoms with Gasteiger partial charge in [-0.25, -0.2) is 0 Å². The summed E-state index contributed by atoms with van der Waals surface area (Å²) in [5.74, 6) is -0.238. The normalized spacial score (nSPS) is 11.1. The van der Waals surface area contributed by atoms with Crippen LogP contribution in [-0.4, -0.2) is 0 Å². The Morgan fingerprint density at radius 2 is 1.35 bits per heavy atom. The summed E-state index contributed by atoms with van der Waals surface area (Å²) in [4.78, 5) is 0. The van der Waals surface area contributed by atoms with Gasteiger partial charge in [-0.05, 0) is 43.4 Å². The van der Waals surface area contributed by atoms with Crippen LogP contribution in [0.2, 0.25) is 0 Å². The Bertz CT molecular complexity index is 1210. The molecule has 0 radical (unpaired) electrons. The predicted molar refractivity (Wildman–Crippen MR) is 108 cm³/mol. The maximum absolute atomic E-state index is 14.0. The van der Waals surface area contributed by atoms with Crippen molar-refractivity contribution >= 4 is 32.3 Å². The van der Waals surface area contributed by atoms with Crippen LogP contribution >= 0.6 is 0 Å². The first-order chi connectivity index (χ1) is 12.7. The molecule has 0 saturated heterocycles. The van der Waals surface area contributed by atoms with E-state index in [2.05, 4.69) is 54.6 Å². The minimum atomic E-state index is -0.238. The van der Waals surface area contributed by atoms with Gasteiger partial charge in [-0.15, -0.1) is 4.39 Å². The first-order valence-corrected chi connectivity index (χ1v) is 9.04. The van der Waals surface area contributed by atoms with Crippen molar-refractivity contribution in [3.63, 3.8) is 0 Å². The average Bonchev–Trinajstić information content (AvgIpc) is 2.70. The monoisotopic (exact) mass is 342 g/mol. The molecule has 128 valence electrons. The lowest BCUT2D eigenvalue weighted by Crippen LogP contribution is -2.31. The molecule has 0 N–H and O–H groups in total. The van der Waals surface area contributed by atoms with Crippen LogP contribution in [0.3, 0.4) is 0 Å². The molecule has 5 rings (SSSR count). The van der Waals surface area contributed by atoms with E-state index in [9.17, 15) is 4.39 Å². The summed E-state index contributed by atoms with van der Waals surface area (Å²) in [7, 11) is 1.71. The van der Waals surface area contributed by atoms with Gasteiger partial charge >= 0.3 is 5.95 Å². The molecule has 0 bridgehead atoms. The number of halogens is 1. The van der Waals surface area contributed by atoms with Crippen LogP contribution in [0.5, 0.6) is 0 Å². The molecule has 0 spiro atoms. The van der Waals surface area contributed by atoms with Gasteiger partial charge in [-0.2, -0.15) is 4.57 Å². The van der Waals surface area contributed by atoms with Gasteiger partial charge in [0, 0.05) is 12.1 Å². The van der Waals surface area contributed by atoms with Crippen molar-refractivity contribution < 1.29 is 8.96 Å². The maximum Gasteiger partial charge on any atom is 0.359 e. The van der Waals surface area contributed by atoms with Crippen LogP contribution in [0.4, 0.5) is 4.39 Å². The molecular weight excluding hydrogens is 321 g/mol. The second kappa shape index (κ2) is 6.38. The van der Waals surface area contributed by atoms with Gasteiger partial charge in [-0.1, -0.05) is 68.4 Å². The van der Waals surface area contributed by atoms with Gasteiger partial charge in [0.2, 0.25) is 0 Å². The highest BCUT2D eigenvalue weighted by Gasteiger charge is 2.14. The van der Waals surface area contributed by atoms with E-state index in [0.717, 1.165) is 11.1 Å². The maximum atomic E-state index is 14.0. The number of pyridine rings is 1. The fourth-order valence-corrected chi connectivity index (χ4v) is 3.70. The third kappa shape index (κ3) is 2.41. The Labute approximate surface area is 152 Å². The molecule has 0 aliphatic carbocycles. The van der Waals surface area contributed by atoms with Gasteiger partial charge in [0.1, 0.15) is 7.05 Å². The van der Waals surface area contributed by atoms with Crippen LogP contribution in [0, 0.1) is 5.95 Å². The van der Waals surface area contributed by atoms with Gasteiger partial charge in [0.05, 0.1) is 0 Å². The summed E-state index contributed by atoms with van der Waals surface area (Å²) in [6.07, 6.45) is 1.77. The Balaban J connectivity index is 0.000000814. The Morgan fingerprint density at radius 1 is 0.731 bits per heavy atom. The molecule has 5 aromatic rings. The Morgan fingerprint density at radius 3 is 2.04 bits per heavy atom. The molecule has 0 unspecified atom stereocenters. The van der Waals surface area contributed by atoms with E-state index in [1.165, 1.54) is 36.9 Å². The second-order valence-electron chi connectivity index (χ2n) is 6.32. The molecule has 0 aliphatic heterocycles. The number of nitrogens with zero attached hydrogens (tertiary/aromatic N) is 1. The van der Waals surface area contributed by atoms with Crippen molar-refractivity contribution in [3.8, 4) is 11.1 Å². The summed E-state index contributed by atoms with van der Waals surface area (Å²) in [5.41, 5.74) is 1.98. The highest BCUT2D eigenvalue weighted by Crippen LogP contribution is 2.38. The fraction of sp³-hybridized carbons (Fsp3) is 0.125. The molecule has 4 aromatic carbocycles. The minimum absolute atomic E-state index is 0.238. The quantitative estimate of drug-likeness (QED) is 0.193. The fourth-order valence-electron chi connectivity index (χ4n) is 3.70. The molecule has 1 heterocycles. The number of hydrogen-bond acceptors (Lipinski definition) is 0. The molecule has 26 heavy (non-hydrogen) atoms. The van der Waals surface area contributed by atoms with E-state index in [-0.39, 0.29) is 5.95 Å². The Kier molecular flexibility index (Phi) is 4.04. The predicted octanol–water partition coefficient (Wildman–Crippen LogP) is 6.24. The third-order valence-electron chi connectivity index (χ3n) is 4.93. The van der Waals surface area contributed by atoms with Crippen LogP contribution in [0.15, 0.2) is 72.9 Å². The molecule has 0 amide bonds. The van der Waals surface area contributed by atoms with E-state index in [0.29, 0.717) is 0 Å². The summed E-state index contributed by atoms with van der Waals surface area (Å²) in [6, 6.07) is 22.8.